The molecule has 102 valence electrons. The van der Waals surface area contributed by atoms with Crippen LogP contribution in [0.1, 0.15) is 49.4 Å². The number of benzene rings is 1. The first-order valence-corrected chi connectivity index (χ1v) is 7.24. The van der Waals surface area contributed by atoms with E-state index < -0.39 is 0 Å². The summed E-state index contributed by atoms with van der Waals surface area (Å²) in [4.78, 5) is 0. The van der Waals surface area contributed by atoms with Crippen molar-refractivity contribution >= 4 is 0 Å². The van der Waals surface area contributed by atoms with E-state index in [0.717, 1.165) is 37.9 Å². The molecule has 3 N–H and O–H groups in total. The van der Waals surface area contributed by atoms with Crippen LogP contribution in [0.25, 0.3) is 0 Å². The van der Waals surface area contributed by atoms with Crippen molar-refractivity contribution in [1.29, 1.82) is 5.26 Å². The van der Waals surface area contributed by atoms with E-state index in [9.17, 15) is 0 Å². The standard InChI is InChI=1S/C14H17N3.C2H6/c15-9-10-1-2-12-11(7-10)8-14(13(12)16)3-5-17-6-4-14;1-2/h1-2,7,13,17H,3-6,8,16H2;1-2H3. The largest absolute Gasteiger partial charge is 0.323 e. The predicted molar refractivity (Wildman–Crippen MR) is 77.7 cm³/mol. The number of piperidine rings is 1. The maximum absolute atomic E-state index is 8.95. The minimum atomic E-state index is 0.146. The van der Waals surface area contributed by atoms with E-state index in [4.69, 9.17) is 11.0 Å². The number of nitrogens with one attached hydrogen (secondary N) is 1. The minimum Gasteiger partial charge on any atom is -0.323 e. The molecular formula is C16H23N3. The Morgan fingerprint density at radius 1 is 1.32 bits per heavy atom. The Bertz CT molecular complexity index is 481. The summed E-state index contributed by atoms with van der Waals surface area (Å²) in [5, 5.41) is 12.3. The molecule has 1 aliphatic carbocycles. The van der Waals surface area contributed by atoms with Crippen LogP contribution in [0.5, 0.6) is 0 Å². The molecule has 0 aromatic heterocycles. The molecule has 0 saturated carbocycles. The average molecular weight is 257 g/mol. The normalized spacial score (nSPS) is 23.2. The van der Waals surface area contributed by atoms with Crippen LogP contribution in [0.2, 0.25) is 0 Å². The molecule has 3 nitrogen and oxygen atoms in total. The molecule has 3 rings (SSSR count). The van der Waals surface area contributed by atoms with Gasteiger partial charge in [-0.15, -0.1) is 0 Å². The second-order valence-electron chi connectivity index (χ2n) is 5.29. The highest BCUT2D eigenvalue weighted by atomic mass is 14.9. The van der Waals surface area contributed by atoms with Crippen molar-refractivity contribution in [1.82, 2.24) is 5.32 Å². The fourth-order valence-electron chi connectivity index (χ4n) is 3.36. The topological polar surface area (TPSA) is 61.8 Å². The molecule has 0 bridgehead atoms. The summed E-state index contributed by atoms with van der Waals surface area (Å²) < 4.78 is 0. The zero-order chi connectivity index (χ0) is 13.9. The van der Waals surface area contributed by atoms with E-state index in [2.05, 4.69) is 17.5 Å². The molecule has 1 aromatic carbocycles. The van der Waals surface area contributed by atoms with Gasteiger partial charge in [0.05, 0.1) is 11.6 Å². The molecule has 0 radical (unpaired) electrons. The van der Waals surface area contributed by atoms with E-state index >= 15 is 0 Å². The van der Waals surface area contributed by atoms with Crippen LogP contribution in [0.15, 0.2) is 18.2 Å². The summed E-state index contributed by atoms with van der Waals surface area (Å²) in [5.74, 6) is 0. The van der Waals surface area contributed by atoms with Crippen molar-refractivity contribution in [2.75, 3.05) is 13.1 Å². The Morgan fingerprint density at radius 2 is 2.00 bits per heavy atom. The SMILES string of the molecule is CC.N#Cc1ccc2c(c1)CC1(CCNCC1)C2N. The first-order valence-electron chi connectivity index (χ1n) is 7.24. The molecule has 1 atom stereocenters. The van der Waals surface area contributed by atoms with E-state index in [1.807, 2.05) is 26.0 Å². The second-order valence-corrected chi connectivity index (χ2v) is 5.29. The van der Waals surface area contributed by atoms with Gasteiger partial charge in [0.1, 0.15) is 0 Å². The smallest absolute Gasteiger partial charge is 0.0991 e. The molecule has 1 heterocycles. The third-order valence-corrected chi connectivity index (χ3v) is 4.41. The molecule has 1 fully saturated rings. The molecular weight excluding hydrogens is 234 g/mol. The van der Waals surface area contributed by atoms with E-state index in [-0.39, 0.29) is 11.5 Å². The number of hydrogen-bond donors (Lipinski definition) is 2. The Kier molecular flexibility index (Phi) is 4.24. The van der Waals surface area contributed by atoms with Gasteiger partial charge in [-0.1, -0.05) is 19.9 Å². The first-order chi connectivity index (χ1) is 9.25. The number of nitriles is 1. The summed E-state index contributed by atoms with van der Waals surface area (Å²) in [6.07, 6.45) is 3.33. The maximum atomic E-state index is 8.95. The Hall–Kier alpha value is -1.37. The molecule has 2 aliphatic rings. The van der Waals surface area contributed by atoms with Crippen molar-refractivity contribution < 1.29 is 0 Å². The molecule has 1 spiro atoms. The zero-order valence-electron chi connectivity index (χ0n) is 11.9. The van der Waals surface area contributed by atoms with Gasteiger partial charge in [-0.3, -0.25) is 0 Å². The zero-order valence-corrected chi connectivity index (χ0v) is 11.9. The predicted octanol–water partition coefficient (Wildman–Crippen LogP) is 2.51. The molecule has 0 amide bonds. The second kappa shape index (κ2) is 5.73. The maximum Gasteiger partial charge on any atom is 0.0991 e. The molecule has 19 heavy (non-hydrogen) atoms. The van der Waals surface area contributed by atoms with Crippen molar-refractivity contribution in [3.8, 4) is 6.07 Å². The Morgan fingerprint density at radius 3 is 2.63 bits per heavy atom. The lowest BCUT2D eigenvalue weighted by Crippen LogP contribution is -2.41. The number of rotatable bonds is 0. The van der Waals surface area contributed by atoms with Gasteiger partial charge in [-0.05, 0) is 61.0 Å². The van der Waals surface area contributed by atoms with Gasteiger partial charge in [0.15, 0.2) is 0 Å². The summed E-state index contributed by atoms with van der Waals surface area (Å²) in [6.45, 7) is 6.12. The molecule has 1 saturated heterocycles. The quantitative estimate of drug-likeness (QED) is 0.750. The molecule has 1 aromatic rings. The highest BCUT2D eigenvalue weighted by Gasteiger charge is 2.44. The monoisotopic (exact) mass is 257 g/mol. The minimum absolute atomic E-state index is 0.146. The van der Waals surface area contributed by atoms with Gasteiger partial charge in [0.2, 0.25) is 0 Å². The number of nitrogens with zero attached hydrogens (tertiary/aromatic N) is 1. The summed E-state index contributed by atoms with van der Waals surface area (Å²) in [5.41, 5.74) is 9.97. The van der Waals surface area contributed by atoms with Crippen LogP contribution < -0.4 is 11.1 Å². The van der Waals surface area contributed by atoms with Crippen molar-refractivity contribution in [2.24, 2.45) is 11.1 Å². The average Bonchev–Trinajstić information content (AvgIpc) is 2.74. The van der Waals surface area contributed by atoms with E-state index in [1.54, 1.807) is 0 Å². The van der Waals surface area contributed by atoms with Gasteiger partial charge >= 0.3 is 0 Å². The van der Waals surface area contributed by atoms with E-state index in [0.29, 0.717) is 0 Å². The van der Waals surface area contributed by atoms with Crippen LogP contribution >= 0.6 is 0 Å². The first kappa shape index (κ1) is 14.0. The van der Waals surface area contributed by atoms with Gasteiger partial charge < -0.3 is 11.1 Å². The van der Waals surface area contributed by atoms with Gasteiger partial charge in [0.25, 0.3) is 0 Å². The highest BCUT2D eigenvalue weighted by molar-refractivity contribution is 5.44. The van der Waals surface area contributed by atoms with Crippen LogP contribution in [-0.4, -0.2) is 13.1 Å². The lowest BCUT2D eigenvalue weighted by molar-refractivity contribution is 0.174. The van der Waals surface area contributed by atoms with Crippen LogP contribution in [-0.2, 0) is 6.42 Å². The van der Waals surface area contributed by atoms with Gasteiger partial charge in [-0.2, -0.15) is 5.26 Å². The fourth-order valence-corrected chi connectivity index (χ4v) is 3.36. The third kappa shape index (κ3) is 2.39. The van der Waals surface area contributed by atoms with Crippen LogP contribution in [0.3, 0.4) is 0 Å². The number of nitrogens with two attached hydrogens (primary N) is 1. The Labute approximate surface area is 115 Å². The highest BCUT2D eigenvalue weighted by Crippen LogP contribution is 2.49. The van der Waals surface area contributed by atoms with Crippen molar-refractivity contribution in [2.45, 2.75) is 39.2 Å². The van der Waals surface area contributed by atoms with E-state index in [1.165, 1.54) is 11.1 Å². The fraction of sp³-hybridized carbons (Fsp3) is 0.562. The number of hydrogen-bond acceptors (Lipinski definition) is 3. The van der Waals surface area contributed by atoms with Crippen LogP contribution in [0.4, 0.5) is 0 Å². The lowest BCUT2D eigenvalue weighted by atomic mass is 9.73. The van der Waals surface area contributed by atoms with Crippen LogP contribution in [0, 0.1) is 16.7 Å². The lowest BCUT2D eigenvalue weighted by Gasteiger charge is -2.37. The summed E-state index contributed by atoms with van der Waals surface area (Å²) in [7, 11) is 0. The number of fused-ring (bicyclic) bond motifs is 1. The summed E-state index contributed by atoms with van der Waals surface area (Å²) >= 11 is 0. The summed E-state index contributed by atoms with van der Waals surface area (Å²) in [6, 6.07) is 8.31. The Balaban J connectivity index is 0.000000637. The molecule has 3 heteroatoms. The van der Waals surface area contributed by atoms with Gasteiger partial charge in [-0.25, -0.2) is 0 Å². The van der Waals surface area contributed by atoms with Crippen molar-refractivity contribution in [3.05, 3.63) is 34.9 Å². The molecule has 1 unspecified atom stereocenters. The van der Waals surface area contributed by atoms with Crippen molar-refractivity contribution in [3.63, 3.8) is 0 Å². The molecule has 1 aliphatic heterocycles. The van der Waals surface area contributed by atoms with Gasteiger partial charge in [0, 0.05) is 6.04 Å². The third-order valence-electron chi connectivity index (χ3n) is 4.41.